The lowest BCUT2D eigenvalue weighted by atomic mass is 9.85. The molecular formula is C17H29NO. The maximum atomic E-state index is 5.18. The molecule has 0 saturated carbocycles. The summed E-state index contributed by atoms with van der Waals surface area (Å²) in [6.07, 6.45) is 1.07. The highest BCUT2D eigenvalue weighted by atomic mass is 16.5. The molecule has 108 valence electrons. The molecule has 0 heterocycles. The molecule has 0 fully saturated rings. The standard InChI is InChI=1S/C17H29NO/c1-13(11-12-19-6)16(18-5)14-7-9-15(10-8-14)17(2,3)4/h7-10,13,16,18H,11-12H2,1-6H3. The van der Waals surface area contributed by atoms with Gasteiger partial charge in [0.1, 0.15) is 0 Å². The third-order valence-electron chi connectivity index (χ3n) is 3.79. The van der Waals surface area contributed by atoms with Crippen LogP contribution in [-0.2, 0) is 10.2 Å². The van der Waals surface area contributed by atoms with Gasteiger partial charge < -0.3 is 10.1 Å². The summed E-state index contributed by atoms with van der Waals surface area (Å²) in [7, 11) is 3.80. The Kier molecular flexibility index (Phi) is 6.02. The third kappa shape index (κ3) is 4.63. The fourth-order valence-corrected chi connectivity index (χ4v) is 2.44. The van der Waals surface area contributed by atoms with Crippen LogP contribution >= 0.6 is 0 Å². The second-order valence-electron chi connectivity index (χ2n) is 6.40. The number of ether oxygens (including phenoxy) is 1. The highest BCUT2D eigenvalue weighted by Gasteiger charge is 2.19. The number of nitrogens with one attached hydrogen (secondary N) is 1. The van der Waals surface area contributed by atoms with Gasteiger partial charge in [-0.25, -0.2) is 0 Å². The molecule has 2 heteroatoms. The molecule has 2 atom stereocenters. The number of methoxy groups -OCH3 is 1. The predicted molar refractivity (Wildman–Crippen MR) is 82.6 cm³/mol. The summed E-state index contributed by atoms with van der Waals surface area (Å²) in [5.41, 5.74) is 2.96. The predicted octanol–water partition coefficient (Wildman–Crippen LogP) is 3.92. The SMILES string of the molecule is CNC(c1ccc(C(C)(C)C)cc1)C(C)CCOC. The van der Waals surface area contributed by atoms with Crippen molar-refractivity contribution in [1.29, 1.82) is 0 Å². The third-order valence-corrected chi connectivity index (χ3v) is 3.79. The molecule has 0 aliphatic heterocycles. The summed E-state index contributed by atoms with van der Waals surface area (Å²) >= 11 is 0. The van der Waals surface area contributed by atoms with Crippen molar-refractivity contribution < 1.29 is 4.74 Å². The van der Waals surface area contributed by atoms with Gasteiger partial charge in [-0.3, -0.25) is 0 Å². The molecule has 1 aromatic carbocycles. The van der Waals surface area contributed by atoms with Crippen LogP contribution in [-0.4, -0.2) is 20.8 Å². The quantitative estimate of drug-likeness (QED) is 0.840. The molecule has 0 radical (unpaired) electrons. The van der Waals surface area contributed by atoms with Gasteiger partial charge in [0.05, 0.1) is 0 Å². The first-order valence-electron chi connectivity index (χ1n) is 7.16. The van der Waals surface area contributed by atoms with Gasteiger partial charge in [0, 0.05) is 19.8 Å². The maximum absolute atomic E-state index is 5.18. The second kappa shape index (κ2) is 7.06. The lowest BCUT2D eigenvalue weighted by Gasteiger charge is -2.25. The van der Waals surface area contributed by atoms with Crippen LogP contribution in [0.5, 0.6) is 0 Å². The van der Waals surface area contributed by atoms with E-state index in [0.29, 0.717) is 12.0 Å². The molecule has 2 nitrogen and oxygen atoms in total. The minimum Gasteiger partial charge on any atom is -0.385 e. The molecule has 1 N–H and O–H groups in total. The highest BCUT2D eigenvalue weighted by molar-refractivity contribution is 5.29. The maximum Gasteiger partial charge on any atom is 0.0465 e. The molecule has 1 rings (SSSR count). The van der Waals surface area contributed by atoms with E-state index in [0.717, 1.165) is 13.0 Å². The zero-order chi connectivity index (χ0) is 14.5. The number of benzene rings is 1. The first kappa shape index (κ1) is 16.2. The van der Waals surface area contributed by atoms with Crippen LogP contribution in [0.3, 0.4) is 0 Å². The van der Waals surface area contributed by atoms with E-state index in [4.69, 9.17) is 4.74 Å². The molecule has 0 aliphatic carbocycles. The van der Waals surface area contributed by atoms with Crippen molar-refractivity contribution in [1.82, 2.24) is 5.32 Å². The van der Waals surface area contributed by atoms with Crippen LogP contribution in [0, 0.1) is 5.92 Å². The van der Waals surface area contributed by atoms with Crippen molar-refractivity contribution in [2.45, 2.75) is 45.6 Å². The number of hydrogen-bond acceptors (Lipinski definition) is 2. The Hall–Kier alpha value is -0.860. The molecular weight excluding hydrogens is 234 g/mol. The molecule has 2 unspecified atom stereocenters. The average molecular weight is 263 g/mol. The van der Waals surface area contributed by atoms with Crippen molar-refractivity contribution in [3.63, 3.8) is 0 Å². The smallest absolute Gasteiger partial charge is 0.0465 e. The minimum atomic E-state index is 0.218. The van der Waals surface area contributed by atoms with Gasteiger partial charge in [0.15, 0.2) is 0 Å². The Balaban J connectivity index is 2.82. The van der Waals surface area contributed by atoms with Crippen LogP contribution < -0.4 is 5.32 Å². The van der Waals surface area contributed by atoms with Crippen molar-refractivity contribution in [2.75, 3.05) is 20.8 Å². The molecule has 19 heavy (non-hydrogen) atoms. The number of hydrogen-bond donors (Lipinski definition) is 1. The second-order valence-corrected chi connectivity index (χ2v) is 6.40. The Morgan fingerprint density at radius 1 is 1.16 bits per heavy atom. The monoisotopic (exact) mass is 263 g/mol. The molecule has 0 saturated heterocycles. The van der Waals surface area contributed by atoms with Crippen LogP contribution in [0.25, 0.3) is 0 Å². The van der Waals surface area contributed by atoms with Crippen LogP contribution in [0.1, 0.15) is 51.3 Å². The Labute approximate surface area is 118 Å². The van der Waals surface area contributed by atoms with Crippen LogP contribution in [0.4, 0.5) is 0 Å². The van der Waals surface area contributed by atoms with E-state index in [1.807, 2.05) is 7.05 Å². The van der Waals surface area contributed by atoms with E-state index in [2.05, 4.69) is 57.3 Å². The van der Waals surface area contributed by atoms with E-state index >= 15 is 0 Å². The molecule has 0 bridgehead atoms. The zero-order valence-electron chi connectivity index (χ0n) is 13.3. The highest BCUT2D eigenvalue weighted by Crippen LogP contribution is 2.27. The first-order valence-corrected chi connectivity index (χ1v) is 7.16. The summed E-state index contributed by atoms with van der Waals surface area (Å²) in [6, 6.07) is 9.41. The Morgan fingerprint density at radius 3 is 2.16 bits per heavy atom. The largest absolute Gasteiger partial charge is 0.385 e. The fraction of sp³-hybridized carbons (Fsp3) is 0.647. The molecule has 0 amide bonds. The van der Waals surface area contributed by atoms with E-state index in [-0.39, 0.29) is 5.41 Å². The van der Waals surface area contributed by atoms with E-state index in [9.17, 15) is 0 Å². The van der Waals surface area contributed by atoms with Gasteiger partial charge in [-0.1, -0.05) is 52.0 Å². The van der Waals surface area contributed by atoms with Crippen LogP contribution in [0.2, 0.25) is 0 Å². The lowest BCUT2D eigenvalue weighted by Crippen LogP contribution is -2.24. The van der Waals surface area contributed by atoms with Crippen molar-refractivity contribution >= 4 is 0 Å². The first-order chi connectivity index (χ1) is 8.90. The van der Waals surface area contributed by atoms with Crippen molar-refractivity contribution in [3.8, 4) is 0 Å². The molecule has 0 aromatic heterocycles. The molecule has 0 spiro atoms. The van der Waals surface area contributed by atoms with Crippen molar-refractivity contribution in [3.05, 3.63) is 35.4 Å². The minimum absolute atomic E-state index is 0.218. The van der Waals surface area contributed by atoms with E-state index in [1.54, 1.807) is 7.11 Å². The Bertz CT molecular complexity index is 364. The topological polar surface area (TPSA) is 21.3 Å². The van der Waals surface area contributed by atoms with Crippen LogP contribution in [0.15, 0.2) is 24.3 Å². The number of rotatable bonds is 6. The van der Waals surface area contributed by atoms with Gasteiger partial charge >= 0.3 is 0 Å². The fourth-order valence-electron chi connectivity index (χ4n) is 2.44. The van der Waals surface area contributed by atoms with Gasteiger partial charge in [-0.2, -0.15) is 0 Å². The summed E-state index contributed by atoms with van der Waals surface area (Å²) in [6.45, 7) is 9.84. The molecule has 0 aliphatic rings. The van der Waals surface area contributed by atoms with E-state index < -0.39 is 0 Å². The average Bonchev–Trinajstić information content (AvgIpc) is 2.37. The Morgan fingerprint density at radius 2 is 1.74 bits per heavy atom. The van der Waals surface area contributed by atoms with Gasteiger partial charge in [-0.05, 0) is 35.9 Å². The lowest BCUT2D eigenvalue weighted by molar-refractivity contribution is 0.171. The summed E-state index contributed by atoms with van der Waals surface area (Å²) in [4.78, 5) is 0. The van der Waals surface area contributed by atoms with Gasteiger partial charge in [0.2, 0.25) is 0 Å². The summed E-state index contributed by atoms with van der Waals surface area (Å²) in [5.74, 6) is 0.561. The van der Waals surface area contributed by atoms with Gasteiger partial charge in [-0.15, -0.1) is 0 Å². The molecule has 1 aromatic rings. The summed E-state index contributed by atoms with van der Waals surface area (Å²) < 4.78 is 5.18. The van der Waals surface area contributed by atoms with Gasteiger partial charge in [0.25, 0.3) is 0 Å². The zero-order valence-corrected chi connectivity index (χ0v) is 13.3. The van der Waals surface area contributed by atoms with E-state index in [1.165, 1.54) is 11.1 Å². The summed E-state index contributed by atoms with van der Waals surface area (Å²) in [5, 5.41) is 3.43. The van der Waals surface area contributed by atoms with Crippen molar-refractivity contribution in [2.24, 2.45) is 5.92 Å². The normalized spacial score (nSPS) is 15.3.